The Morgan fingerprint density at radius 2 is 1.96 bits per heavy atom. The number of benzene rings is 1. The fourth-order valence-corrected chi connectivity index (χ4v) is 2.31. The Labute approximate surface area is 135 Å². The van der Waals surface area contributed by atoms with Crippen molar-refractivity contribution < 1.29 is 31.9 Å². The van der Waals surface area contributed by atoms with E-state index in [0.717, 1.165) is 6.07 Å². The fraction of sp³-hybridized carbons (Fsp3) is 0.467. The maximum atomic E-state index is 13.1. The number of para-hydroxylation sites is 1. The average Bonchev–Trinajstić information content (AvgIpc) is 2.54. The lowest BCUT2D eigenvalue weighted by atomic mass is 10.1. The van der Waals surface area contributed by atoms with Crippen LogP contribution in [0.5, 0.6) is 5.75 Å². The molecule has 0 aromatic heterocycles. The van der Waals surface area contributed by atoms with Crippen LogP contribution in [0.4, 0.5) is 17.6 Å². The Morgan fingerprint density at radius 3 is 2.54 bits per heavy atom. The molecule has 0 N–H and O–H groups in total. The van der Waals surface area contributed by atoms with Gasteiger partial charge >= 0.3 is 12.5 Å². The smallest absolute Gasteiger partial charge is 0.427 e. The summed E-state index contributed by atoms with van der Waals surface area (Å²) < 4.78 is 54.9. The van der Waals surface area contributed by atoms with Crippen LogP contribution < -0.4 is 4.74 Å². The summed E-state index contributed by atoms with van der Waals surface area (Å²) in [6.07, 6.45) is -8.75. The highest BCUT2D eigenvalue weighted by molar-refractivity contribution is 5.99. The molecule has 132 valence electrons. The summed E-state index contributed by atoms with van der Waals surface area (Å²) in [5.41, 5.74) is -0.296. The summed E-state index contributed by atoms with van der Waals surface area (Å²) in [7, 11) is 0. The van der Waals surface area contributed by atoms with Gasteiger partial charge in [0.25, 0.3) is 5.91 Å². The lowest BCUT2D eigenvalue weighted by Gasteiger charge is -2.34. The summed E-state index contributed by atoms with van der Waals surface area (Å²) in [6, 6.07) is 4.88. The molecule has 0 unspecified atom stereocenters. The highest BCUT2D eigenvalue weighted by Gasteiger charge is 2.44. The third-order valence-electron chi connectivity index (χ3n) is 3.61. The van der Waals surface area contributed by atoms with Crippen LogP contribution in [0, 0.1) is 0 Å². The molecule has 0 saturated carbocycles. The number of hydrogen-bond donors (Lipinski definition) is 0. The average molecular weight is 348 g/mol. The van der Waals surface area contributed by atoms with Gasteiger partial charge in [-0.15, -0.1) is 0 Å². The van der Waals surface area contributed by atoms with Crippen molar-refractivity contribution in [3.63, 3.8) is 0 Å². The number of likely N-dealkylation sites (N-methyl/N-ethyl adjacent to an activating group) is 1. The zero-order chi connectivity index (χ0) is 17.9. The normalized spacial score (nSPS) is 15.8. The molecular formula is C15H16F4N2O3. The van der Waals surface area contributed by atoms with Crippen LogP contribution in [0.2, 0.25) is 0 Å². The number of piperazine rings is 1. The summed E-state index contributed by atoms with van der Waals surface area (Å²) in [5.74, 6) is -1.65. The van der Waals surface area contributed by atoms with Gasteiger partial charge in [-0.1, -0.05) is 12.1 Å². The van der Waals surface area contributed by atoms with Crippen molar-refractivity contribution in [3.8, 4) is 5.75 Å². The van der Waals surface area contributed by atoms with E-state index in [9.17, 15) is 27.2 Å². The van der Waals surface area contributed by atoms with E-state index in [1.54, 1.807) is 11.8 Å². The number of hydrogen-bond acceptors (Lipinski definition) is 3. The molecule has 1 aliphatic heterocycles. The van der Waals surface area contributed by atoms with E-state index in [2.05, 4.69) is 4.74 Å². The van der Waals surface area contributed by atoms with Crippen molar-refractivity contribution in [2.24, 2.45) is 0 Å². The third kappa shape index (κ3) is 3.77. The molecule has 2 rings (SSSR count). The molecule has 1 aromatic rings. The minimum absolute atomic E-state index is 0.202. The first-order chi connectivity index (χ1) is 11.3. The largest absolute Gasteiger partial charge is 0.461 e. The number of amides is 2. The summed E-state index contributed by atoms with van der Waals surface area (Å²) >= 11 is 0. The molecule has 0 bridgehead atoms. The molecule has 24 heavy (non-hydrogen) atoms. The molecule has 1 aliphatic rings. The first kappa shape index (κ1) is 18.0. The monoisotopic (exact) mass is 348 g/mol. The number of alkyl halides is 4. The standard InChI is InChI=1S/C15H16F4N2O3/c1-2-20-7-8-21(9-12(20)22)13(23)10-5-3-4-6-11(10)24-15(18,19)14(16)17/h3-6,14H,2,7-9H2,1H3. The molecular weight excluding hydrogens is 332 g/mol. The zero-order valence-electron chi connectivity index (χ0n) is 12.8. The summed E-state index contributed by atoms with van der Waals surface area (Å²) in [5, 5.41) is 0. The van der Waals surface area contributed by atoms with Gasteiger partial charge in [-0.05, 0) is 19.1 Å². The second kappa shape index (κ2) is 7.06. The molecule has 0 aliphatic carbocycles. The van der Waals surface area contributed by atoms with Gasteiger partial charge in [-0.3, -0.25) is 9.59 Å². The van der Waals surface area contributed by atoms with Gasteiger partial charge in [0.15, 0.2) is 0 Å². The van der Waals surface area contributed by atoms with Crippen molar-refractivity contribution in [2.45, 2.75) is 19.5 Å². The molecule has 9 heteroatoms. The van der Waals surface area contributed by atoms with Gasteiger partial charge < -0.3 is 14.5 Å². The van der Waals surface area contributed by atoms with Gasteiger partial charge in [0.2, 0.25) is 5.91 Å². The number of carbonyl (C=O) groups excluding carboxylic acids is 2. The van der Waals surface area contributed by atoms with Crippen molar-refractivity contribution in [3.05, 3.63) is 29.8 Å². The van der Waals surface area contributed by atoms with E-state index >= 15 is 0 Å². The number of ether oxygens (including phenoxy) is 1. The molecule has 0 atom stereocenters. The summed E-state index contributed by atoms with van der Waals surface area (Å²) in [6.45, 7) is 2.63. The molecule has 5 nitrogen and oxygen atoms in total. The second-order valence-electron chi connectivity index (χ2n) is 5.16. The van der Waals surface area contributed by atoms with E-state index in [0.29, 0.717) is 13.1 Å². The number of halogens is 4. The SMILES string of the molecule is CCN1CCN(C(=O)c2ccccc2OC(F)(F)C(F)F)CC1=O. The van der Waals surface area contributed by atoms with E-state index in [1.165, 1.54) is 23.1 Å². The quantitative estimate of drug-likeness (QED) is 0.767. The first-order valence-electron chi connectivity index (χ1n) is 7.27. The highest BCUT2D eigenvalue weighted by Crippen LogP contribution is 2.30. The van der Waals surface area contributed by atoms with Crippen molar-refractivity contribution in [2.75, 3.05) is 26.2 Å². The predicted molar refractivity (Wildman–Crippen MR) is 76.2 cm³/mol. The highest BCUT2D eigenvalue weighted by atomic mass is 19.3. The van der Waals surface area contributed by atoms with E-state index in [4.69, 9.17) is 0 Å². The number of nitrogens with zero attached hydrogens (tertiary/aromatic N) is 2. The lowest BCUT2D eigenvalue weighted by molar-refractivity contribution is -0.253. The van der Waals surface area contributed by atoms with Gasteiger partial charge in [0.1, 0.15) is 12.3 Å². The van der Waals surface area contributed by atoms with Gasteiger partial charge in [-0.2, -0.15) is 17.6 Å². The molecule has 1 saturated heterocycles. The minimum Gasteiger partial charge on any atom is -0.427 e. The van der Waals surface area contributed by atoms with E-state index in [1.807, 2.05) is 0 Å². The van der Waals surface area contributed by atoms with Crippen LogP contribution >= 0.6 is 0 Å². The first-order valence-corrected chi connectivity index (χ1v) is 7.27. The maximum absolute atomic E-state index is 13.1. The van der Waals surface area contributed by atoms with E-state index in [-0.39, 0.29) is 24.6 Å². The Bertz CT molecular complexity index is 624. The number of rotatable bonds is 5. The molecule has 1 aromatic carbocycles. The summed E-state index contributed by atoms with van der Waals surface area (Å²) in [4.78, 5) is 27.0. The maximum Gasteiger partial charge on any atom is 0.461 e. The Hall–Kier alpha value is -2.32. The van der Waals surface area contributed by atoms with Crippen molar-refractivity contribution in [1.82, 2.24) is 9.80 Å². The number of carbonyl (C=O) groups is 2. The van der Waals surface area contributed by atoms with Crippen LogP contribution in [0.15, 0.2) is 24.3 Å². The van der Waals surface area contributed by atoms with Crippen LogP contribution in [0.1, 0.15) is 17.3 Å². The minimum atomic E-state index is -4.72. The Morgan fingerprint density at radius 1 is 1.29 bits per heavy atom. The van der Waals surface area contributed by atoms with Crippen LogP contribution in [0.25, 0.3) is 0 Å². The van der Waals surface area contributed by atoms with Crippen LogP contribution in [0.3, 0.4) is 0 Å². The second-order valence-corrected chi connectivity index (χ2v) is 5.16. The Balaban J connectivity index is 2.20. The molecule has 1 fully saturated rings. The third-order valence-corrected chi connectivity index (χ3v) is 3.61. The van der Waals surface area contributed by atoms with Crippen LogP contribution in [-0.4, -0.2) is 60.3 Å². The van der Waals surface area contributed by atoms with E-state index < -0.39 is 24.2 Å². The van der Waals surface area contributed by atoms with Gasteiger partial charge in [0.05, 0.1) is 5.56 Å². The predicted octanol–water partition coefficient (Wildman–Crippen LogP) is 2.23. The zero-order valence-corrected chi connectivity index (χ0v) is 12.8. The molecule has 1 heterocycles. The molecule has 0 radical (unpaired) electrons. The molecule has 2 amide bonds. The topological polar surface area (TPSA) is 49.9 Å². The van der Waals surface area contributed by atoms with Gasteiger partial charge in [0, 0.05) is 19.6 Å². The fourth-order valence-electron chi connectivity index (χ4n) is 2.31. The Kier molecular flexibility index (Phi) is 5.30. The van der Waals surface area contributed by atoms with Gasteiger partial charge in [-0.25, -0.2) is 0 Å². The van der Waals surface area contributed by atoms with Crippen molar-refractivity contribution >= 4 is 11.8 Å². The van der Waals surface area contributed by atoms with Crippen LogP contribution in [-0.2, 0) is 4.79 Å². The van der Waals surface area contributed by atoms with Crippen molar-refractivity contribution in [1.29, 1.82) is 0 Å². The molecule has 0 spiro atoms. The lowest BCUT2D eigenvalue weighted by Crippen LogP contribution is -2.52.